The van der Waals surface area contributed by atoms with Crippen LogP contribution in [0.1, 0.15) is 193 Å². The molecule has 1 heterocycles. The summed E-state index contributed by atoms with van der Waals surface area (Å²) in [5.74, 6) is -2.06. The standard InChI is InChI=1S/C51H88O12S/c1-3-5-7-9-11-13-15-17-19-20-21-22-23-24-26-28-30-32-34-36-38-40-47(53)62-44(42-61-51-50(56)49(55)48(54)45(63-51)43-64(57,58)59)41-60-46(52)39-37-35-33-31-29-27-25-18-16-14-12-10-8-6-4-2/h4,19-20,22-23,26,28,32,34,44-45,48-51,54-56H,2-3,5-18,21,24-25,27,29-31,33,35-43H2,1H3,(H,57,58,59)/b20-19+,23-22+,28-26+,34-32+/t44-,45-,48-,49?,50?,51+/m1/s1. The second-order valence-electron chi connectivity index (χ2n) is 17.2. The predicted octanol–water partition coefficient (Wildman–Crippen LogP) is 10.9. The van der Waals surface area contributed by atoms with Crippen LogP contribution in [-0.2, 0) is 38.7 Å². The molecule has 0 aromatic carbocycles. The topological polar surface area (TPSA) is 186 Å². The van der Waals surface area contributed by atoms with E-state index in [1.54, 1.807) is 0 Å². The molecule has 0 saturated carbocycles. The van der Waals surface area contributed by atoms with Crippen LogP contribution in [0.3, 0.4) is 0 Å². The Morgan fingerprint density at radius 3 is 1.55 bits per heavy atom. The molecule has 1 aliphatic heterocycles. The number of hydrogen-bond donors (Lipinski definition) is 4. The minimum Gasteiger partial charge on any atom is -0.462 e. The number of allylic oxidation sites excluding steroid dienone is 9. The molecule has 1 aliphatic rings. The summed E-state index contributed by atoms with van der Waals surface area (Å²) in [7, 11) is -4.61. The lowest BCUT2D eigenvalue weighted by Crippen LogP contribution is -2.60. The molecule has 0 bridgehead atoms. The molecular formula is C51H88O12S. The van der Waals surface area contributed by atoms with Crippen LogP contribution in [0.25, 0.3) is 0 Å². The summed E-state index contributed by atoms with van der Waals surface area (Å²) in [6.07, 6.45) is 40.2. The van der Waals surface area contributed by atoms with Crippen molar-refractivity contribution in [3.05, 3.63) is 61.3 Å². The van der Waals surface area contributed by atoms with Gasteiger partial charge < -0.3 is 34.3 Å². The van der Waals surface area contributed by atoms with Gasteiger partial charge in [-0.2, -0.15) is 8.42 Å². The van der Waals surface area contributed by atoms with Crippen LogP contribution in [0, 0.1) is 0 Å². The van der Waals surface area contributed by atoms with Crippen LogP contribution < -0.4 is 0 Å². The van der Waals surface area contributed by atoms with E-state index in [0.717, 1.165) is 51.4 Å². The Balaban J connectivity index is 2.44. The highest BCUT2D eigenvalue weighted by Crippen LogP contribution is 2.24. The van der Waals surface area contributed by atoms with E-state index in [-0.39, 0.29) is 19.4 Å². The zero-order valence-corrected chi connectivity index (χ0v) is 40.3. The van der Waals surface area contributed by atoms with Gasteiger partial charge in [0.05, 0.1) is 6.61 Å². The second kappa shape index (κ2) is 40.6. The van der Waals surface area contributed by atoms with Crippen LogP contribution in [0.4, 0.5) is 0 Å². The molecule has 1 saturated heterocycles. The van der Waals surface area contributed by atoms with Gasteiger partial charge in [-0.15, -0.1) is 6.58 Å². The quantitative estimate of drug-likeness (QED) is 0.0197. The highest BCUT2D eigenvalue weighted by Gasteiger charge is 2.46. The number of rotatable bonds is 42. The molecule has 0 aliphatic carbocycles. The lowest BCUT2D eigenvalue weighted by Gasteiger charge is -2.40. The SMILES string of the molecule is C=CCCCCCCCCCCCCCCCC(=O)OC[C@H](CO[C@H]1O[C@H](CS(=O)(=O)O)[C@@H](O)C(O)C1O)OC(=O)CCC/C=C/C/C=C/C/C=C/C/C=C/CCCCCCCCC. The summed E-state index contributed by atoms with van der Waals surface area (Å²) in [5.41, 5.74) is 0. The molecule has 12 nitrogen and oxygen atoms in total. The van der Waals surface area contributed by atoms with Gasteiger partial charge in [0.25, 0.3) is 10.1 Å². The van der Waals surface area contributed by atoms with E-state index in [2.05, 4.69) is 50.0 Å². The van der Waals surface area contributed by atoms with Gasteiger partial charge in [0.15, 0.2) is 12.4 Å². The second-order valence-corrected chi connectivity index (χ2v) is 18.7. The van der Waals surface area contributed by atoms with E-state index < -0.39 is 71.2 Å². The first kappa shape index (κ1) is 59.4. The molecule has 64 heavy (non-hydrogen) atoms. The lowest BCUT2D eigenvalue weighted by molar-refractivity contribution is -0.297. The van der Waals surface area contributed by atoms with E-state index in [9.17, 15) is 37.9 Å². The smallest absolute Gasteiger partial charge is 0.306 e. The van der Waals surface area contributed by atoms with Crippen LogP contribution in [-0.4, -0.2) is 96.0 Å². The highest BCUT2D eigenvalue weighted by atomic mass is 32.2. The monoisotopic (exact) mass is 925 g/mol. The van der Waals surface area contributed by atoms with Crippen molar-refractivity contribution in [3.63, 3.8) is 0 Å². The Morgan fingerprint density at radius 2 is 1.03 bits per heavy atom. The summed E-state index contributed by atoms with van der Waals surface area (Å²) >= 11 is 0. The van der Waals surface area contributed by atoms with E-state index in [1.807, 2.05) is 18.2 Å². The summed E-state index contributed by atoms with van der Waals surface area (Å²) in [6, 6.07) is 0. The van der Waals surface area contributed by atoms with Crippen molar-refractivity contribution in [2.45, 2.75) is 230 Å². The van der Waals surface area contributed by atoms with Crippen molar-refractivity contribution < 1.29 is 56.8 Å². The maximum absolute atomic E-state index is 12.8. The van der Waals surface area contributed by atoms with Gasteiger partial charge in [-0.3, -0.25) is 14.1 Å². The molecule has 2 unspecified atom stereocenters. The molecule has 13 heteroatoms. The maximum atomic E-state index is 12.8. The Hall–Kier alpha value is -2.65. The number of carbonyl (C=O) groups is 2. The number of aliphatic hydroxyl groups is 3. The lowest BCUT2D eigenvalue weighted by atomic mass is 10.00. The first-order valence-electron chi connectivity index (χ1n) is 24.8. The average molecular weight is 925 g/mol. The van der Waals surface area contributed by atoms with Gasteiger partial charge in [-0.1, -0.05) is 171 Å². The van der Waals surface area contributed by atoms with Crippen LogP contribution in [0.5, 0.6) is 0 Å². The van der Waals surface area contributed by atoms with E-state index in [1.165, 1.54) is 103 Å². The summed E-state index contributed by atoms with van der Waals surface area (Å²) in [6.45, 7) is 5.25. The van der Waals surface area contributed by atoms with Crippen molar-refractivity contribution in [3.8, 4) is 0 Å². The predicted molar refractivity (Wildman–Crippen MR) is 256 cm³/mol. The van der Waals surface area contributed by atoms with E-state index in [0.29, 0.717) is 19.3 Å². The van der Waals surface area contributed by atoms with E-state index in [4.69, 9.17) is 18.9 Å². The highest BCUT2D eigenvalue weighted by molar-refractivity contribution is 7.85. The normalized spacial score (nSPS) is 19.9. The number of esters is 2. The Bertz CT molecular complexity index is 1390. The Morgan fingerprint density at radius 1 is 0.578 bits per heavy atom. The van der Waals surface area contributed by atoms with Crippen LogP contribution in [0.2, 0.25) is 0 Å². The number of aliphatic hydroxyl groups excluding tert-OH is 3. The third kappa shape index (κ3) is 34.7. The van der Waals surface area contributed by atoms with Crippen LogP contribution in [0.15, 0.2) is 61.3 Å². The molecule has 0 aromatic rings. The van der Waals surface area contributed by atoms with Gasteiger partial charge in [0.2, 0.25) is 0 Å². The summed E-state index contributed by atoms with van der Waals surface area (Å²) < 4.78 is 54.1. The zero-order valence-electron chi connectivity index (χ0n) is 39.5. The van der Waals surface area contributed by atoms with Gasteiger partial charge >= 0.3 is 11.9 Å². The molecule has 6 atom stereocenters. The van der Waals surface area contributed by atoms with Gasteiger partial charge in [0, 0.05) is 12.8 Å². The fraction of sp³-hybridized carbons (Fsp3) is 0.765. The largest absolute Gasteiger partial charge is 0.462 e. The first-order valence-corrected chi connectivity index (χ1v) is 26.4. The molecule has 1 fully saturated rings. The van der Waals surface area contributed by atoms with Crippen molar-refractivity contribution in [1.29, 1.82) is 0 Å². The number of ether oxygens (including phenoxy) is 4. The third-order valence-corrected chi connectivity index (χ3v) is 12.0. The van der Waals surface area contributed by atoms with Crippen molar-refractivity contribution in [1.82, 2.24) is 0 Å². The number of carbonyl (C=O) groups excluding carboxylic acids is 2. The maximum Gasteiger partial charge on any atom is 0.306 e. The average Bonchev–Trinajstić information content (AvgIpc) is 3.26. The van der Waals surface area contributed by atoms with E-state index >= 15 is 0 Å². The molecule has 0 amide bonds. The molecular weight excluding hydrogens is 837 g/mol. The Kier molecular flexibility index (Phi) is 37.7. The first-order chi connectivity index (χ1) is 31.0. The number of hydrogen-bond acceptors (Lipinski definition) is 11. The summed E-state index contributed by atoms with van der Waals surface area (Å²) in [4.78, 5) is 25.5. The zero-order chi connectivity index (χ0) is 46.9. The third-order valence-electron chi connectivity index (χ3n) is 11.2. The molecule has 0 aromatic heterocycles. The molecule has 1 rings (SSSR count). The number of unbranched alkanes of at least 4 members (excludes halogenated alkanes) is 21. The van der Waals surface area contributed by atoms with Gasteiger partial charge in [-0.05, 0) is 64.2 Å². The van der Waals surface area contributed by atoms with Crippen molar-refractivity contribution in [2.24, 2.45) is 0 Å². The Labute approximate surface area is 387 Å². The molecule has 370 valence electrons. The van der Waals surface area contributed by atoms with Crippen LogP contribution >= 0.6 is 0 Å². The minimum atomic E-state index is -4.61. The summed E-state index contributed by atoms with van der Waals surface area (Å²) in [5, 5.41) is 30.9. The fourth-order valence-electron chi connectivity index (χ4n) is 7.36. The fourth-order valence-corrected chi connectivity index (χ4v) is 8.05. The van der Waals surface area contributed by atoms with Gasteiger partial charge in [0.1, 0.15) is 36.8 Å². The van der Waals surface area contributed by atoms with Gasteiger partial charge in [-0.25, -0.2) is 0 Å². The molecule has 0 spiro atoms. The minimum absolute atomic E-state index is 0.0865. The molecule has 0 radical (unpaired) electrons. The molecule has 4 N–H and O–H groups in total. The van der Waals surface area contributed by atoms with Crippen molar-refractivity contribution >= 4 is 22.1 Å². The van der Waals surface area contributed by atoms with Crippen molar-refractivity contribution in [2.75, 3.05) is 19.0 Å².